The molecule has 0 bridgehead atoms. The van der Waals surface area contributed by atoms with E-state index in [9.17, 15) is 14.4 Å². The molecule has 0 aromatic rings. The molecule has 1 fully saturated rings. The molecular formula is C13H21NO6. The van der Waals surface area contributed by atoms with Crippen LogP contribution in [0.3, 0.4) is 0 Å². The van der Waals surface area contributed by atoms with Gasteiger partial charge in [0.05, 0.1) is 25.0 Å². The lowest BCUT2D eigenvalue weighted by Crippen LogP contribution is -2.45. The van der Waals surface area contributed by atoms with E-state index in [1.807, 2.05) is 0 Å². The zero-order valence-electron chi connectivity index (χ0n) is 11.8. The highest BCUT2D eigenvalue weighted by molar-refractivity contribution is 5.85. The minimum atomic E-state index is -1.16. The van der Waals surface area contributed by atoms with Crippen molar-refractivity contribution in [1.29, 1.82) is 0 Å². The van der Waals surface area contributed by atoms with Gasteiger partial charge in [0.2, 0.25) is 5.91 Å². The zero-order chi connectivity index (χ0) is 15.1. The van der Waals surface area contributed by atoms with E-state index in [0.717, 1.165) is 0 Å². The Labute approximate surface area is 117 Å². The molecular weight excluding hydrogens is 266 g/mol. The van der Waals surface area contributed by atoms with Crippen LogP contribution in [0.5, 0.6) is 0 Å². The first-order chi connectivity index (χ1) is 9.45. The van der Waals surface area contributed by atoms with Crippen molar-refractivity contribution in [1.82, 2.24) is 5.32 Å². The van der Waals surface area contributed by atoms with E-state index in [4.69, 9.17) is 14.6 Å². The van der Waals surface area contributed by atoms with Crippen molar-refractivity contribution in [3.05, 3.63) is 0 Å². The number of carboxylic acids is 1. The number of ether oxygens (including phenoxy) is 2. The predicted octanol–water partition coefficient (Wildman–Crippen LogP) is 0.182. The van der Waals surface area contributed by atoms with Gasteiger partial charge in [0.15, 0.2) is 0 Å². The number of rotatable bonds is 7. The van der Waals surface area contributed by atoms with Gasteiger partial charge < -0.3 is 19.9 Å². The number of carbonyl (C=O) groups excluding carboxylic acids is 2. The first-order valence-electron chi connectivity index (χ1n) is 6.73. The molecule has 0 saturated carbocycles. The van der Waals surface area contributed by atoms with Gasteiger partial charge in [-0.2, -0.15) is 0 Å². The molecule has 1 saturated heterocycles. The van der Waals surface area contributed by atoms with Gasteiger partial charge in [0, 0.05) is 6.61 Å². The van der Waals surface area contributed by atoms with Gasteiger partial charge in [-0.1, -0.05) is 6.92 Å². The average Bonchev–Trinajstić information content (AvgIpc) is 2.91. The quantitative estimate of drug-likeness (QED) is 0.648. The second-order valence-corrected chi connectivity index (χ2v) is 4.85. The van der Waals surface area contributed by atoms with Crippen molar-refractivity contribution in [2.24, 2.45) is 11.8 Å². The van der Waals surface area contributed by atoms with E-state index in [0.29, 0.717) is 19.6 Å². The third kappa shape index (κ3) is 4.80. The Kier molecular flexibility index (Phi) is 6.44. The third-order valence-corrected chi connectivity index (χ3v) is 3.19. The standard InChI is InChI=1S/C13H21NO6/c1-3-20-13(18)8(2)6-10(12(16)17)14-11(15)9-4-5-19-7-9/h8-10H,3-7H2,1-2H3,(H,14,15)(H,16,17)/t8-,9+,10-/m0/s1. The Morgan fingerprint density at radius 1 is 1.45 bits per heavy atom. The van der Waals surface area contributed by atoms with Crippen LogP contribution in [0.25, 0.3) is 0 Å². The maximum absolute atomic E-state index is 11.9. The second kappa shape index (κ2) is 7.84. The molecule has 1 heterocycles. The monoisotopic (exact) mass is 287 g/mol. The zero-order valence-corrected chi connectivity index (χ0v) is 11.8. The van der Waals surface area contributed by atoms with Crippen LogP contribution < -0.4 is 5.32 Å². The molecule has 0 aliphatic carbocycles. The Hall–Kier alpha value is -1.63. The van der Waals surface area contributed by atoms with Crippen LogP contribution in [-0.2, 0) is 23.9 Å². The van der Waals surface area contributed by atoms with Gasteiger partial charge >= 0.3 is 11.9 Å². The number of hydrogen-bond acceptors (Lipinski definition) is 5. The molecule has 7 nitrogen and oxygen atoms in total. The second-order valence-electron chi connectivity index (χ2n) is 4.85. The minimum absolute atomic E-state index is 0.00742. The summed E-state index contributed by atoms with van der Waals surface area (Å²) in [5, 5.41) is 11.6. The van der Waals surface area contributed by atoms with E-state index in [2.05, 4.69) is 5.32 Å². The van der Waals surface area contributed by atoms with E-state index in [1.54, 1.807) is 13.8 Å². The predicted molar refractivity (Wildman–Crippen MR) is 68.9 cm³/mol. The minimum Gasteiger partial charge on any atom is -0.480 e. The number of aliphatic carboxylic acids is 1. The Morgan fingerprint density at radius 3 is 2.65 bits per heavy atom. The molecule has 0 spiro atoms. The maximum atomic E-state index is 11.9. The van der Waals surface area contributed by atoms with E-state index >= 15 is 0 Å². The summed E-state index contributed by atoms with van der Waals surface area (Å²) >= 11 is 0. The van der Waals surface area contributed by atoms with Crippen LogP contribution >= 0.6 is 0 Å². The summed E-state index contributed by atoms with van der Waals surface area (Å²) in [7, 11) is 0. The summed E-state index contributed by atoms with van der Waals surface area (Å²) in [6.07, 6.45) is 0.596. The molecule has 3 atom stereocenters. The first-order valence-corrected chi connectivity index (χ1v) is 6.73. The Balaban J connectivity index is 2.53. The van der Waals surface area contributed by atoms with Crippen molar-refractivity contribution in [3.63, 3.8) is 0 Å². The Morgan fingerprint density at radius 2 is 2.15 bits per heavy atom. The highest BCUT2D eigenvalue weighted by atomic mass is 16.5. The number of amides is 1. The van der Waals surface area contributed by atoms with Gasteiger partial charge in [-0.15, -0.1) is 0 Å². The number of nitrogens with one attached hydrogen (secondary N) is 1. The number of carbonyl (C=O) groups is 3. The molecule has 1 aliphatic rings. The molecule has 0 unspecified atom stereocenters. The van der Waals surface area contributed by atoms with E-state index < -0.39 is 23.9 Å². The highest BCUT2D eigenvalue weighted by Crippen LogP contribution is 2.14. The van der Waals surface area contributed by atoms with Gasteiger partial charge in [-0.25, -0.2) is 4.79 Å². The largest absolute Gasteiger partial charge is 0.480 e. The molecule has 1 rings (SSSR count). The first kappa shape index (κ1) is 16.4. The van der Waals surface area contributed by atoms with Gasteiger partial charge in [-0.3, -0.25) is 9.59 Å². The van der Waals surface area contributed by atoms with Crippen molar-refractivity contribution < 1.29 is 29.0 Å². The smallest absolute Gasteiger partial charge is 0.326 e. The number of hydrogen-bond donors (Lipinski definition) is 2. The van der Waals surface area contributed by atoms with Crippen molar-refractivity contribution >= 4 is 17.8 Å². The van der Waals surface area contributed by atoms with Crippen molar-refractivity contribution in [3.8, 4) is 0 Å². The molecule has 0 radical (unpaired) electrons. The maximum Gasteiger partial charge on any atom is 0.326 e. The fraction of sp³-hybridized carbons (Fsp3) is 0.769. The number of esters is 1. The molecule has 1 aliphatic heterocycles. The average molecular weight is 287 g/mol. The van der Waals surface area contributed by atoms with Crippen molar-refractivity contribution in [2.45, 2.75) is 32.7 Å². The van der Waals surface area contributed by atoms with Crippen LogP contribution in [0.15, 0.2) is 0 Å². The molecule has 0 aromatic heterocycles. The fourth-order valence-electron chi connectivity index (χ4n) is 1.99. The summed E-state index contributed by atoms with van der Waals surface area (Å²) < 4.78 is 9.91. The van der Waals surface area contributed by atoms with Crippen LogP contribution in [0.1, 0.15) is 26.7 Å². The normalized spacial score (nSPS) is 21.0. The van der Waals surface area contributed by atoms with Crippen molar-refractivity contribution in [2.75, 3.05) is 19.8 Å². The van der Waals surface area contributed by atoms with Crippen LogP contribution in [0.4, 0.5) is 0 Å². The summed E-state index contributed by atoms with van der Waals surface area (Å²) in [5.41, 5.74) is 0. The van der Waals surface area contributed by atoms with Gasteiger partial charge in [0.25, 0.3) is 0 Å². The summed E-state index contributed by atoms with van der Waals surface area (Å²) in [6.45, 7) is 4.33. The Bertz CT molecular complexity index is 364. The van der Waals surface area contributed by atoms with E-state index in [1.165, 1.54) is 0 Å². The molecule has 2 N–H and O–H groups in total. The molecule has 7 heteroatoms. The fourth-order valence-corrected chi connectivity index (χ4v) is 1.99. The summed E-state index contributed by atoms with van der Waals surface area (Å²) in [6, 6.07) is -1.09. The molecule has 1 amide bonds. The van der Waals surface area contributed by atoms with Crippen LogP contribution in [0, 0.1) is 11.8 Å². The lowest BCUT2D eigenvalue weighted by Gasteiger charge is -2.19. The summed E-state index contributed by atoms with van der Waals surface area (Å²) in [5.74, 6) is -2.86. The van der Waals surface area contributed by atoms with Gasteiger partial charge in [0.1, 0.15) is 6.04 Å². The van der Waals surface area contributed by atoms with Crippen LogP contribution in [0.2, 0.25) is 0 Å². The number of carboxylic acid groups (broad SMARTS) is 1. The summed E-state index contributed by atoms with van der Waals surface area (Å²) in [4.78, 5) is 34.5. The molecule has 20 heavy (non-hydrogen) atoms. The highest BCUT2D eigenvalue weighted by Gasteiger charge is 2.30. The third-order valence-electron chi connectivity index (χ3n) is 3.19. The van der Waals surface area contributed by atoms with E-state index in [-0.39, 0.29) is 24.9 Å². The molecule has 114 valence electrons. The lowest BCUT2D eigenvalue weighted by atomic mass is 10.0. The lowest BCUT2D eigenvalue weighted by molar-refractivity contribution is -0.149. The SMILES string of the molecule is CCOC(=O)[C@@H](C)C[C@H](NC(=O)[C@@H]1CCOC1)C(=O)O. The van der Waals surface area contributed by atoms with Crippen LogP contribution in [-0.4, -0.2) is 48.8 Å². The van der Waals surface area contributed by atoms with Gasteiger partial charge in [-0.05, 0) is 19.8 Å². The molecule has 0 aromatic carbocycles. The topological polar surface area (TPSA) is 102 Å².